The maximum Gasteiger partial charge on any atom is 0.183 e. The standard InChI is InChI=1S/C6H11FO5/c7-3(1-8)5(11)6(12)4(10)2-9/h1,3-6,9-12H,2H2/i1+1. The van der Waals surface area contributed by atoms with Crippen molar-refractivity contribution < 1.29 is 29.6 Å². The molecular formula is C6H11FO5. The average Bonchev–Trinajstić information content (AvgIpc) is 2.12. The molecule has 0 aliphatic carbocycles. The third-order valence-corrected chi connectivity index (χ3v) is 1.39. The fourth-order valence-electron chi connectivity index (χ4n) is 0.604. The van der Waals surface area contributed by atoms with Gasteiger partial charge in [0.2, 0.25) is 0 Å². The first kappa shape index (κ1) is 11.4. The Bertz CT molecular complexity index is 142. The number of aldehydes is 1. The Morgan fingerprint density at radius 1 is 1.25 bits per heavy atom. The van der Waals surface area contributed by atoms with Crippen LogP contribution in [0.2, 0.25) is 0 Å². The molecular weight excluding hydrogens is 172 g/mol. The van der Waals surface area contributed by atoms with Crippen LogP contribution in [0.25, 0.3) is 0 Å². The van der Waals surface area contributed by atoms with Crippen molar-refractivity contribution in [3.8, 4) is 0 Å². The van der Waals surface area contributed by atoms with Crippen LogP contribution in [0.15, 0.2) is 0 Å². The zero-order valence-electron chi connectivity index (χ0n) is 6.17. The number of alkyl halides is 1. The van der Waals surface area contributed by atoms with Gasteiger partial charge in [0.05, 0.1) is 6.61 Å². The van der Waals surface area contributed by atoms with Crippen molar-refractivity contribution in [1.29, 1.82) is 0 Å². The molecule has 0 aromatic carbocycles. The van der Waals surface area contributed by atoms with Gasteiger partial charge in [-0.15, -0.1) is 0 Å². The molecule has 0 fully saturated rings. The number of carbonyl (C=O) groups excluding carboxylic acids is 1. The van der Waals surface area contributed by atoms with Gasteiger partial charge >= 0.3 is 0 Å². The molecule has 0 aromatic heterocycles. The number of carbonyl (C=O) groups is 1. The largest absolute Gasteiger partial charge is 0.394 e. The Balaban J connectivity index is 4.07. The van der Waals surface area contributed by atoms with E-state index in [2.05, 4.69) is 0 Å². The maximum absolute atomic E-state index is 12.3. The molecule has 0 bridgehead atoms. The van der Waals surface area contributed by atoms with Gasteiger partial charge < -0.3 is 25.2 Å². The SMILES string of the molecule is O=[13CH]C(F)C(O)C(O)C(O)CO. The van der Waals surface area contributed by atoms with E-state index in [1.807, 2.05) is 0 Å². The predicted octanol–water partition coefficient (Wildman–Crippen LogP) is -2.40. The molecule has 0 rings (SSSR count). The first-order valence-corrected chi connectivity index (χ1v) is 3.29. The summed E-state index contributed by atoms with van der Waals surface area (Å²) in [5.41, 5.74) is 0. The summed E-state index contributed by atoms with van der Waals surface area (Å²) in [6.45, 7) is -0.816. The molecule has 72 valence electrons. The van der Waals surface area contributed by atoms with Crippen molar-refractivity contribution in [2.24, 2.45) is 0 Å². The summed E-state index contributed by atoms with van der Waals surface area (Å²) in [5, 5.41) is 34.6. The number of hydrogen-bond donors (Lipinski definition) is 4. The number of rotatable bonds is 5. The second kappa shape index (κ2) is 5.15. The lowest BCUT2D eigenvalue weighted by Gasteiger charge is -2.21. The molecule has 0 aliphatic rings. The van der Waals surface area contributed by atoms with Crippen LogP contribution in [0.3, 0.4) is 0 Å². The molecule has 6 heteroatoms. The van der Waals surface area contributed by atoms with E-state index in [0.717, 1.165) is 0 Å². The van der Waals surface area contributed by atoms with Crippen LogP contribution < -0.4 is 0 Å². The van der Waals surface area contributed by atoms with E-state index in [9.17, 15) is 9.18 Å². The maximum atomic E-state index is 12.3. The first-order chi connectivity index (χ1) is 5.54. The van der Waals surface area contributed by atoms with E-state index in [1.54, 1.807) is 0 Å². The van der Waals surface area contributed by atoms with Crippen LogP contribution in [-0.2, 0) is 4.79 Å². The van der Waals surface area contributed by atoms with Gasteiger partial charge in [-0.3, -0.25) is 0 Å². The highest BCUT2D eigenvalue weighted by molar-refractivity contribution is 5.56. The first-order valence-electron chi connectivity index (χ1n) is 3.29. The molecule has 5 nitrogen and oxygen atoms in total. The monoisotopic (exact) mass is 183 g/mol. The van der Waals surface area contributed by atoms with Gasteiger partial charge in [0.25, 0.3) is 0 Å². The second-order valence-corrected chi connectivity index (χ2v) is 2.31. The molecule has 4 unspecified atom stereocenters. The lowest BCUT2D eigenvalue weighted by atomic mass is 10.1. The van der Waals surface area contributed by atoms with Crippen LogP contribution in [0.4, 0.5) is 4.39 Å². The minimum Gasteiger partial charge on any atom is -0.394 e. The van der Waals surface area contributed by atoms with Gasteiger partial charge in [-0.2, -0.15) is 0 Å². The summed E-state index contributed by atoms with van der Waals surface area (Å²) in [6, 6.07) is 0. The van der Waals surface area contributed by atoms with Crippen molar-refractivity contribution in [3.05, 3.63) is 0 Å². The van der Waals surface area contributed by atoms with E-state index in [4.69, 9.17) is 20.4 Å². The minimum absolute atomic E-state index is 0.196. The minimum atomic E-state index is -2.26. The molecule has 0 radical (unpaired) electrons. The molecule has 0 saturated heterocycles. The number of hydrogen-bond acceptors (Lipinski definition) is 5. The Kier molecular flexibility index (Phi) is 4.91. The number of halogens is 1. The van der Waals surface area contributed by atoms with Gasteiger partial charge in [-0.05, 0) is 0 Å². The molecule has 0 heterocycles. The van der Waals surface area contributed by atoms with E-state index in [-0.39, 0.29) is 6.29 Å². The lowest BCUT2D eigenvalue weighted by molar-refractivity contribution is -0.127. The molecule has 4 N–H and O–H groups in total. The zero-order valence-corrected chi connectivity index (χ0v) is 6.17. The average molecular weight is 183 g/mol. The van der Waals surface area contributed by atoms with Crippen LogP contribution in [0.1, 0.15) is 0 Å². The molecule has 0 aromatic rings. The summed E-state index contributed by atoms with van der Waals surface area (Å²) in [4.78, 5) is 9.77. The van der Waals surface area contributed by atoms with Crippen LogP contribution in [0.5, 0.6) is 0 Å². The van der Waals surface area contributed by atoms with E-state index in [0.29, 0.717) is 0 Å². The molecule has 12 heavy (non-hydrogen) atoms. The molecule has 0 amide bonds. The van der Waals surface area contributed by atoms with Crippen molar-refractivity contribution in [1.82, 2.24) is 0 Å². The fourth-order valence-corrected chi connectivity index (χ4v) is 0.604. The Morgan fingerprint density at radius 3 is 2.08 bits per heavy atom. The van der Waals surface area contributed by atoms with Crippen molar-refractivity contribution in [2.45, 2.75) is 24.5 Å². The molecule has 0 spiro atoms. The third-order valence-electron chi connectivity index (χ3n) is 1.39. The number of aliphatic hydroxyl groups excluding tert-OH is 4. The Hall–Kier alpha value is -0.560. The zero-order chi connectivity index (χ0) is 9.72. The summed E-state index contributed by atoms with van der Waals surface area (Å²) in [6.07, 6.45) is -7.99. The van der Waals surface area contributed by atoms with Gasteiger partial charge in [0, 0.05) is 0 Å². The molecule has 4 atom stereocenters. The van der Waals surface area contributed by atoms with Gasteiger partial charge in [0.1, 0.15) is 18.3 Å². The molecule has 0 aliphatic heterocycles. The Labute approximate surface area is 68.1 Å². The van der Waals surface area contributed by atoms with Crippen molar-refractivity contribution in [3.63, 3.8) is 0 Å². The van der Waals surface area contributed by atoms with Gasteiger partial charge in [-0.1, -0.05) is 0 Å². The quantitative estimate of drug-likeness (QED) is 0.281. The summed E-state index contributed by atoms with van der Waals surface area (Å²) in [5.74, 6) is 0. The molecule has 0 saturated carbocycles. The van der Waals surface area contributed by atoms with Crippen molar-refractivity contribution >= 4 is 6.29 Å². The topological polar surface area (TPSA) is 98.0 Å². The van der Waals surface area contributed by atoms with Gasteiger partial charge in [0.15, 0.2) is 12.5 Å². The number of aliphatic hydroxyl groups is 4. The smallest absolute Gasteiger partial charge is 0.183 e. The lowest BCUT2D eigenvalue weighted by Crippen LogP contribution is -2.44. The van der Waals surface area contributed by atoms with E-state index in [1.165, 1.54) is 0 Å². The van der Waals surface area contributed by atoms with Crippen LogP contribution >= 0.6 is 0 Å². The third kappa shape index (κ3) is 2.82. The highest BCUT2D eigenvalue weighted by atomic mass is 19.1. The highest BCUT2D eigenvalue weighted by Gasteiger charge is 2.30. The van der Waals surface area contributed by atoms with Crippen LogP contribution in [0, 0.1) is 0 Å². The normalized spacial score (nSPS) is 21.1. The van der Waals surface area contributed by atoms with Crippen LogP contribution in [-0.4, -0.2) is 57.8 Å². The van der Waals surface area contributed by atoms with Gasteiger partial charge in [-0.25, -0.2) is 4.39 Å². The van der Waals surface area contributed by atoms with E-state index >= 15 is 0 Å². The summed E-state index contributed by atoms with van der Waals surface area (Å²) in [7, 11) is 0. The predicted molar refractivity (Wildman–Crippen MR) is 36.1 cm³/mol. The van der Waals surface area contributed by atoms with E-state index < -0.39 is 31.1 Å². The summed E-state index contributed by atoms with van der Waals surface area (Å²) < 4.78 is 12.3. The second-order valence-electron chi connectivity index (χ2n) is 2.31. The Morgan fingerprint density at radius 2 is 1.75 bits per heavy atom. The van der Waals surface area contributed by atoms with Crippen molar-refractivity contribution in [2.75, 3.05) is 6.61 Å². The summed E-state index contributed by atoms with van der Waals surface area (Å²) >= 11 is 0. The fraction of sp³-hybridized carbons (Fsp3) is 0.833. The highest BCUT2D eigenvalue weighted by Crippen LogP contribution is 2.05.